The number of rotatable bonds is 6. The number of benzene rings is 4. The summed E-state index contributed by atoms with van der Waals surface area (Å²) in [7, 11) is -0.654. The number of aromatic nitrogens is 1. The van der Waals surface area contributed by atoms with Crippen molar-refractivity contribution in [3.8, 4) is 33.7 Å². The van der Waals surface area contributed by atoms with E-state index in [1.807, 2.05) is 42.5 Å². The number of halogens is 1. The first-order valence-electron chi connectivity index (χ1n) is 13.3. The summed E-state index contributed by atoms with van der Waals surface area (Å²) in [6, 6.07) is 25.0. The van der Waals surface area contributed by atoms with Crippen molar-refractivity contribution in [3.63, 3.8) is 0 Å². The Morgan fingerprint density at radius 1 is 0.905 bits per heavy atom. The molecule has 0 aliphatic heterocycles. The van der Waals surface area contributed by atoms with E-state index < -0.39 is 15.8 Å². The second kappa shape index (κ2) is 10.2. The molecule has 0 saturated carbocycles. The zero-order chi connectivity index (χ0) is 29.8. The smallest absolute Gasteiger partial charge is 0.255 e. The third kappa shape index (κ3) is 4.61. The summed E-state index contributed by atoms with van der Waals surface area (Å²) in [4.78, 5) is 16.7. The SMILES string of the molecule is CNC(=O)c1c(-c2ccc(F)cc2)oc2cc(N(C)S(C)(=O)=O)c(-c3cccc(-c4[nH]c5ccccc5c4C)c3)cc12. The Morgan fingerprint density at radius 3 is 2.31 bits per heavy atom. The Morgan fingerprint density at radius 2 is 1.62 bits per heavy atom. The molecule has 0 atom stereocenters. The molecule has 6 aromatic rings. The number of nitrogens with zero attached hydrogens (tertiary/aromatic N) is 1. The van der Waals surface area contributed by atoms with Crippen molar-refractivity contribution in [1.82, 2.24) is 10.3 Å². The van der Waals surface area contributed by atoms with Gasteiger partial charge in [-0.3, -0.25) is 9.10 Å². The molecule has 6 rings (SSSR count). The van der Waals surface area contributed by atoms with E-state index in [4.69, 9.17) is 4.42 Å². The molecule has 2 N–H and O–H groups in total. The Labute approximate surface area is 242 Å². The van der Waals surface area contributed by atoms with E-state index >= 15 is 0 Å². The topological polar surface area (TPSA) is 95.4 Å². The Bertz CT molecular complexity index is 2110. The van der Waals surface area contributed by atoms with Crippen molar-refractivity contribution in [1.29, 1.82) is 0 Å². The lowest BCUT2D eigenvalue weighted by Crippen LogP contribution is -2.25. The molecular formula is C33H28FN3O4S. The van der Waals surface area contributed by atoms with E-state index in [9.17, 15) is 17.6 Å². The fourth-order valence-electron chi connectivity index (χ4n) is 5.37. The van der Waals surface area contributed by atoms with Crippen LogP contribution in [0.3, 0.4) is 0 Å². The second-order valence-corrected chi connectivity index (χ2v) is 12.3. The van der Waals surface area contributed by atoms with Crippen LogP contribution < -0.4 is 9.62 Å². The molecule has 0 radical (unpaired) electrons. The Kier molecular flexibility index (Phi) is 6.62. The molecule has 1 amide bonds. The zero-order valence-electron chi connectivity index (χ0n) is 23.4. The van der Waals surface area contributed by atoms with Gasteiger partial charge in [0.15, 0.2) is 0 Å². The number of anilines is 1. The first-order valence-corrected chi connectivity index (χ1v) is 15.1. The van der Waals surface area contributed by atoms with Gasteiger partial charge >= 0.3 is 0 Å². The number of carbonyl (C=O) groups excluding carboxylic acids is 1. The van der Waals surface area contributed by atoms with E-state index in [2.05, 4.69) is 23.3 Å². The van der Waals surface area contributed by atoms with Gasteiger partial charge in [0, 0.05) is 53.3 Å². The van der Waals surface area contributed by atoms with E-state index in [-0.39, 0.29) is 17.2 Å². The molecule has 42 heavy (non-hydrogen) atoms. The molecule has 7 nitrogen and oxygen atoms in total. The van der Waals surface area contributed by atoms with Crippen LogP contribution in [0.1, 0.15) is 15.9 Å². The lowest BCUT2D eigenvalue weighted by Gasteiger charge is -2.21. The summed E-state index contributed by atoms with van der Waals surface area (Å²) < 4.78 is 46.6. The number of hydrogen-bond acceptors (Lipinski definition) is 4. The van der Waals surface area contributed by atoms with Crippen molar-refractivity contribution in [2.75, 3.05) is 24.7 Å². The predicted octanol–water partition coefficient (Wildman–Crippen LogP) is 7.12. The second-order valence-electron chi connectivity index (χ2n) is 10.2. The number of aromatic amines is 1. The highest BCUT2D eigenvalue weighted by Gasteiger charge is 2.26. The largest absolute Gasteiger partial charge is 0.455 e. The number of sulfonamides is 1. The molecule has 212 valence electrons. The maximum atomic E-state index is 13.7. The minimum Gasteiger partial charge on any atom is -0.455 e. The summed E-state index contributed by atoms with van der Waals surface area (Å²) >= 11 is 0. The van der Waals surface area contributed by atoms with Crippen LogP contribution in [0.25, 0.3) is 55.6 Å². The first kappa shape index (κ1) is 27.3. The van der Waals surface area contributed by atoms with Crippen molar-refractivity contribution in [2.45, 2.75) is 6.92 Å². The number of H-pyrrole nitrogens is 1. The molecule has 0 bridgehead atoms. The van der Waals surface area contributed by atoms with Gasteiger partial charge in [-0.05, 0) is 66.1 Å². The normalized spacial score (nSPS) is 11.7. The standard InChI is InChI=1S/C33H28FN3O4S/c1-19-24-10-5-6-11-27(24)36-31(19)22-9-7-8-21(16-22)25-17-26-29(18-28(25)37(3)42(4,39)40)41-32(30(26)33(38)35-2)20-12-14-23(34)15-13-20/h5-18,36H,1-4H3,(H,35,38). The van der Waals surface area contributed by atoms with E-state index in [1.165, 1.54) is 42.7 Å². The Balaban J connectivity index is 1.62. The van der Waals surface area contributed by atoms with Crippen LogP contribution >= 0.6 is 0 Å². The predicted molar refractivity (Wildman–Crippen MR) is 166 cm³/mol. The van der Waals surface area contributed by atoms with Crippen LogP contribution in [-0.2, 0) is 10.0 Å². The average Bonchev–Trinajstić information content (AvgIpc) is 3.53. The number of para-hydroxylation sites is 1. The van der Waals surface area contributed by atoms with Gasteiger partial charge in [0.05, 0.1) is 17.5 Å². The number of furan rings is 1. The quantitative estimate of drug-likeness (QED) is 0.219. The summed E-state index contributed by atoms with van der Waals surface area (Å²) in [5.74, 6) is -0.539. The Hall–Kier alpha value is -4.89. The van der Waals surface area contributed by atoms with Gasteiger partial charge in [0.2, 0.25) is 10.0 Å². The minimum absolute atomic E-state index is 0.261. The number of hydrogen-bond donors (Lipinski definition) is 2. The number of nitrogens with one attached hydrogen (secondary N) is 2. The number of aryl methyl sites for hydroxylation is 1. The highest BCUT2D eigenvalue weighted by molar-refractivity contribution is 7.92. The average molecular weight is 582 g/mol. The van der Waals surface area contributed by atoms with Crippen LogP contribution in [0.15, 0.2) is 89.3 Å². The van der Waals surface area contributed by atoms with Gasteiger partial charge in [-0.1, -0.05) is 36.4 Å². The van der Waals surface area contributed by atoms with Gasteiger partial charge in [-0.15, -0.1) is 0 Å². The highest BCUT2D eigenvalue weighted by atomic mass is 32.2. The molecule has 0 aliphatic carbocycles. The minimum atomic E-state index is -3.66. The monoisotopic (exact) mass is 581 g/mol. The summed E-state index contributed by atoms with van der Waals surface area (Å²) in [6.07, 6.45) is 1.13. The fourth-order valence-corrected chi connectivity index (χ4v) is 5.88. The molecule has 9 heteroatoms. The molecule has 0 fully saturated rings. The van der Waals surface area contributed by atoms with Crippen molar-refractivity contribution < 1.29 is 22.0 Å². The summed E-state index contributed by atoms with van der Waals surface area (Å²) in [6.45, 7) is 2.06. The molecule has 0 spiro atoms. The van der Waals surface area contributed by atoms with Crippen LogP contribution in [0.2, 0.25) is 0 Å². The third-order valence-electron chi connectivity index (χ3n) is 7.63. The van der Waals surface area contributed by atoms with Gasteiger partial charge in [0.25, 0.3) is 5.91 Å². The maximum absolute atomic E-state index is 13.7. The highest BCUT2D eigenvalue weighted by Crippen LogP contribution is 2.42. The van der Waals surface area contributed by atoms with Gasteiger partial charge in [-0.25, -0.2) is 12.8 Å². The van der Waals surface area contributed by atoms with E-state index in [0.29, 0.717) is 27.8 Å². The van der Waals surface area contributed by atoms with Gasteiger partial charge in [-0.2, -0.15) is 0 Å². The summed E-state index contributed by atoms with van der Waals surface area (Å²) in [5.41, 5.74) is 6.88. The molecule has 0 saturated heterocycles. The number of fused-ring (bicyclic) bond motifs is 2. The molecule has 0 aliphatic rings. The van der Waals surface area contributed by atoms with Crippen LogP contribution in [0, 0.1) is 12.7 Å². The maximum Gasteiger partial charge on any atom is 0.255 e. The van der Waals surface area contributed by atoms with E-state index in [0.717, 1.165) is 39.5 Å². The number of carbonyl (C=O) groups is 1. The lowest BCUT2D eigenvalue weighted by atomic mass is 9.96. The summed E-state index contributed by atoms with van der Waals surface area (Å²) in [5, 5.41) is 4.29. The zero-order valence-corrected chi connectivity index (χ0v) is 24.3. The van der Waals surface area contributed by atoms with Crippen molar-refractivity contribution in [3.05, 3.63) is 102 Å². The third-order valence-corrected chi connectivity index (χ3v) is 8.82. The molecule has 0 unspecified atom stereocenters. The van der Waals surface area contributed by atoms with Gasteiger partial charge in [0.1, 0.15) is 17.2 Å². The van der Waals surface area contributed by atoms with Crippen LogP contribution in [-0.4, -0.2) is 39.7 Å². The molecule has 4 aromatic carbocycles. The first-order chi connectivity index (χ1) is 20.1. The van der Waals surface area contributed by atoms with E-state index in [1.54, 1.807) is 12.1 Å². The van der Waals surface area contributed by atoms with Crippen LogP contribution in [0.5, 0.6) is 0 Å². The van der Waals surface area contributed by atoms with Crippen LogP contribution in [0.4, 0.5) is 10.1 Å². The fraction of sp³-hybridized carbons (Fsp3) is 0.121. The van der Waals surface area contributed by atoms with Gasteiger partial charge < -0.3 is 14.7 Å². The molecule has 2 aromatic heterocycles. The van der Waals surface area contributed by atoms with Crippen molar-refractivity contribution in [2.24, 2.45) is 0 Å². The van der Waals surface area contributed by atoms with Crippen molar-refractivity contribution >= 4 is 43.5 Å². The molecular weight excluding hydrogens is 553 g/mol. The number of amides is 1. The lowest BCUT2D eigenvalue weighted by molar-refractivity contribution is 0.0964. The molecule has 2 heterocycles.